The summed E-state index contributed by atoms with van der Waals surface area (Å²) in [6.45, 7) is 7.13. The SMILES string of the molecule is Cc1cc(NC(=O)[C@H](C)SCC(=O)N(C)CC(=O)NC(C)C)no1. The topological polar surface area (TPSA) is 105 Å². The summed E-state index contributed by atoms with van der Waals surface area (Å²) in [5, 5.41) is 8.58. The smallest absolute Gasteiger partial charge is 0.239 e. The first-order chi connectivity index (χ1) is 11.2. The van der Waals surface area contributed by atoms with Crippen molar-refractivity contribution in [2.75, 3.05) is 24.7 Å². The quantitative estimate of drug-likeness (QED) is 0.721. The Morgan fingerprint density at radius 3 is 2.54 bits per heavy atom. The number of carbonyl (C=O) groups is 3. The first-order valence-electron chi connectivity index (χ1n) is 7.58. The molecule has 1 aromatic rings. The van der Waals surface area contributed by atoms with Crippen molar-refractivity contribution in [2.24, 2.45) is 0 Å². The van der Waals surface area contributed by atoms with E-state index >= 15 is 0 Å². The van der Waals surface area contributed by atoms with E-state index in [4.69, 9.17) is 4.52 Å². The molecule has 2 N–H and O–H groups in total. The standard InChI is InChI=1S/C15H24N4O4S/c1-9(2)16-13(20)7-19(5)14(21)8-24-11(4)15(22)17-12-6-10(3)23-18-12/h6,9,11H,7-8H2,1-5H3,(H,16,20)(H,17,18,22)/t11-/m0/s1. The van der Waals surface area contributed by atoms with E-state index in [9.17, 15) is 14.4 Å². The summed E-state index contributed by atoms with van der Waals surface area (Å²) in [6.07, 6.45) is 0. The third-order valence-electron chi connectivity index (χ3n) is 2.96. The zero-order chi connectivity index (χ0) is 18.3. The monoisotopic (exact) mass is 356 g/mol. The maximum Gasteiger partial charge on any atom is 0.239 e. The zero-order valence-corrected chi connectivity index (χ0v) is 15.4. The number of thioether (sulfide) groups is 1. The molecule has 9 heteroatoms. The van der Waals surface area contributed by atoms with Crippen molar-refractivity contribution in [3.05, 3.63) is 11.8 Å². The van der Waals surface area contributed by atoms with Gasteiger partial charge < -0.3 is 20.1 Å². The number of nitrogens with one attached hydrogen (secondary N) is 2. The zero-order valence-electron chi connectivity index (χ0n) is 14.6. The summed E-state index contributed by atoms with van der Waals surface area (Å²) in [5.74, 6) is 0.369. The molecule has 1 aromatic heterocycles. The first kappa shape index (κ1) is 20.0. The molecule has 8 nitrogen and oxygen atoms in total. The molecule has 0 radical (unpaired) electrons. The Morgan fingerprint density at radius 2 is 2.00 bits per heavy atom. The molecule has 134 valence electrons. The molecule has 1 rings (SSSR count). The highest BCUT2D eigenvalue weighted by Crippen LogP contribution is 2.14. The number of hydrogen-bond acceptors (Lipinski definition) is 6. The van der Waals surface area contributed by atoms with Gasteiger partial charge in [0, 0.05) is 19.2 Å². The molecule has 0 fully saturated rings. The highest BCUT2D eigenvalue weighted by molar-refractivity contribution is 8.01. The predicted molar refractivity (Wildman–Crippen MR) is 92.7 cm³/mol. The van der Waals surface area contributed by atoms with Gasteiger partial charge in [-0.15, -0.1) is 11.8 Å². The lowest BCUT2D eigenvalue weighted by molar-refractivity contribution is -0.132. The minimum absolute atomic E-state index is 0.00360. The van der Waals surface area contributed by atoms with Gasteiger partial charge in [-0.05, 0) is 27.7 Å². The summed E-state index contributed by atoms with van der Waals surface area (Å²) in [5.41, 5.74) is 0. The van der Waals surface area contributed by atoms with Crippen LogP contribution in [0.5, 0.6) is 0 Å². The molecular formula is C15H24N4O4S. The average molecular weight is 356 g/mol. The Morgan fingerprint density at radius 1 is 1.33 bits per heavy atom. The summed E-state index contributed by atoms with van der Waals surface area (Å²) >= 11 is 1.19. The summed E-state index contributed by atoms with van der Waals surface area (Å²) < 4.78 is 4.87. The lowest BCUT2D eigenvalue weighted by atomic mass is 10.4. The lowest BCUT2D eigenvalue weighted by Crippen LogP contribution is -2.41. The number of hydrogen-bond donors (Lipinski definition) is 2. The molecule has 0 saturated carbocycles. The van der Waals surface area contributed by atoms with Crippen LogP contribution in [0, 0.1) is 6.92 Å². The van der Waals surface area contributed by atoms with Crippen LogP contribution in [-0.4, -0.2) is 58.4 Å². The number of likely N-dealkylation sites (N-methyl/N-ethyl adjacent to an activating group) is 1. The van der Waals surface area contributed by atoms with Gasteiger partial charge in [-0.3, -0.25) is 14.4 Å². The fourth-order valence-corrected chi connectivity index (χ4v) is 2.53. The summed E-state index contributed by atoms with van der Waals surface area (Å²) in [7, 11) is 1.56. The van der Waals surface area contributed by atoms with E-state index in [2.05, 4.69) is 15.8 Å². The molecule has 0 spiro atoms. The van der Waals surface area contributed by atoms with Crippen molar-refractivity contribution >= 4 is 35.3 Å². The van der Waals surface area contributed by atoms with Crippen LogP contribution < -0.4 is 10.6 Å². The maximum atomic E-state index is 12.0. The Bertz CT molecular complexity index is 588. The fraction of sp³-hybridized carbons (Fsp3) is 0.600. The largest absolute Gasteiger partial charge is 0.360 e. The number of aryl methyl sites for hydroxylation is 1. The van der Waals surface area contributed by atoms with Crippen molar-refractivity contribution in [3.8, 4) is 0 Å². The molecule has 0 aliphatic heterocycles. The number of anilines is 1. The van der Waals surface area contributed by atoms with Crippen LogP contribution >= 0.6 is 11.8 Å². The second kappa shape index (κ2) is 9.31. The molecular weight excluding hydrogens is 332 g/mol. The van der Waals surface area contributed by atoms with Gasteiger partial charge in [0.15, 0.2) is 5.82 Å². The summed E-state index contributed by atoms with van der Waals surface area (Å²) in [6, 6.07) is 1.64. The second-order valence-corrected chi connectivity index (χ2v) is 7.07. The second-order valence-electron chi connectivity index (χ2n) is 5.74. The van der Waals surface area contributed by atoms with Crippen molar-refractivity contribution in [1.29, 1.82) is 0 Å². The van der Waals surface area contributed by atoms with Gasteiger partial charge in [-0.1, -0.05) is 5.16 Å². The average Bonchev–Trinajstić information content (AvgIpc) is 2.88. The van der Waals surface area contributed by atoms with E-state index < -0.39 is 5.25 Å². The maximum absolute atomic E-state index is 12.0. The Labute approximate surface area is 145 Å². The van der Waals surface area contributed by atoms with Crippen LogP contribution in [0.15, 0.2) is 10.6 Å². The Balaban J connectivity index is 2.36. The van der Waals surface area contributed by atoms with Crippen molar-refractivity contribution < 1.29 is 18.9 Å². The third-order valence-corrected chi connectivity index (χ3v) is 4.09. The Hall–Kier alpha value is -2.03. The number of rotatable bonds is 8. The highest BCUT2D eigenvalue weighted by Gasteiger charge is 2.19. The van der Waals surface area contributed by atoms with Crippen LogP contribution in [-0.2, 0) is 14.4 Å². The molecule has 3 amide bonds. The van der Waals surface area contributed by atoms with Gasteiger partial charge in [0.1, 0.15) is 5.76 Å². The van der Waals surface area contributed by atoms with E-state index in [1.165, 1.54) is 16.7 Å². The van der Waals surface area contributed by atoms with Crippen LogP contribution in [0.4, 0.5) is 5.82 Å². The third kappa shape index (κ3) is 7.03. The van der Waals surface area contributed by atoms with Crippen molar-refractivity contribution in [2.45, 2.75) is 39.0 Å². The normalized spacial score (nSPS) is 11.9. The van der Waals surface area contributed by atoms with Gasteiger partial charge in [0.2, 0.25) is 17.7 Å². The molecule has 24 heavy (non-hydrogen) atoms. The van der Waals surface area contributed by atoms with Crippen LogP contribution in [0.2, 0.25) is 0 Å². The van der Waals surface area contributed by atoms with Gasteiger partial charge in [-0.25, -0.2) is 0 Å². The predicted octanol–water partition coefficient (Wildman–Crippen LogP) is 1.03. The number of carbonyl (C=O) groups excluding carboxylic acids is 3. The number of aromatic nitrogens is 1. The summed E-state index contributed by atoms with van der Waals surface area (Å²) in [4.78, 5) is 37.0. The van der Waals surface area contributed by atoms with Crippen molar-refractivity contribution in [3.63, 3.8) is 0 Å². The van der Waals surface area contributed by atoms with Crippen LogP contribution in [0.1, 0.15) is 26.5 Å². The van der Waals surface area contributed by atoms with Crippen LogP contribution in [0.25, 0.3) is 0 Å². The van der Waals surface area contributed by atoms with Gasteiger partial charge in [0.25, 0.3) is 0 Å². The van der Waals surface area contributed by atoms with Gasteiger partial charge >= 0.3 is 0 Å². The molecule has 0 bridgehead atoms. The molecule has 1 heterocycles. The van der Waals surface area contributed by atoms with Crippen molar-refractivity contribution in [1.82, 2.24) is 15.4 Å². The highest BCUT2D eigenvalue weighted by atomic mass is 32.2. The van der Waals surface area contributed by atoms with E-state index in [0.717, 1.165) is 0 Å². The minimum Gasteiger partial charge on any atom is -0.360 e. The lowest BCUT2D eigenvalue weighted by Gasteiger charge is -2.18. The van der Waals surface area contributed by atoms with E-state index in [0.29, 0.717) is 11.6 Å². The molecule has 0 aliphatic carbocycles. The first-order valence-corrected chi connectivity index (χ1v) is 8.63. The number of amides is 3. The molecule has 0 aliphatic rings. The Kier molecular flexibility index (Phi) is 7.76. The van der Waals surface area contributed by atoms with E-state index in [1.54, 1.807) is 27.0 Å². The number of nitrogens with zero attached hydrogens (tertiary/aromatic N) is 2. The molecule has 1 atom stereocenters. The fourth-order valence-electron chi connectivity index (χ4n) is 1.71. The van der Waals surface area contributed by atoms with Crippen LogP contribution in [0.3, 0.4) is 0 Å². The van der Waals surface area contributed by atoms with E-state index in [-0.39, 0.29) is 36.1 Å². The minimum atomic E-state index is -0.441. The van der Waals surface area contributed by atoms with Gasteiger partial charge in [0.05, 0.1) is 17.5 Å². The molecule has 0 unspecified atom stereocenters. The van der Waals surface area contributed by atoms with Gasteiger partial charge in [-0.2, -0.15) is 0 Å². The molecule has 0 saturated heterocycles. The molecule has 0 aromatic carbocycles. The van der Waals surface area contributed by atoms with E-state index in [1.807, 2.05) is 13.8 Å².